The normalized spacial score (nSPS) is 20.0. The molecule has 1 aromatic carbocycles. The van der Waals surface area contributed by atoms with Gasteiger partial charge in [0.25, 0.3) is 0 Å². The van der Waals surface area contributed by atoms with Crippen LogP contribution in [-0.4, -0.2) is 44.4 Å². The van der Waals surface area contributed by atoms with E-state index in [4.69, 9.17) is 18.9 Å². The number of rotatable bonds is 4. The maximum absolute atomic E-state index is 12.9. The van der Waals surface area contributed by atoms with Crippen molar-refractivity contribution in [2.24, 2.45) is 0 Å². The number of carbonyl (C=O) groups is 1. The van der Waals surface area contributed by atoms with Gasteiger partial charge in [-0.2, -0.15) is 0 Å². The van der Waals surface area contributed by atoms with E-state index in [2.05, 4.69) is 0 Å². The van der Waals surface area contributed by atoms with Crippen molar-refractivity contribution in [3.05, 3.63) is 23.8 Å². The van der Waals surface area contributed by atoms with Crippen molar-refractivity contribution in [2.45, 2.75) is 25.4 Å². The van der Waals surface area contributed by atoms with Crippen LogP contribution in [0, 0.1) is 0 Å². The van der Waals surface area contributed by atoms with E-state index in [9.17, 15) is 4.79 Å². The highest BCUT2D eigenvalue weighted by Crippen LogP contribution is 2.34. The molecule has 0 N–H and O–H groups in total. The molecular formula is C16H20O5. The van der Waals surface area contributed by atoms with Crippen LogP contribution in [0.5, 0.6) is 11.5 Å². The topological polar surface area (TPSA) is 54.0 Å². The third-order valence-electron chi connectivity index (χ3n) is 3.94. The summed E-state index contributed by atoms with van der Waals surface area (Å²) in [5.74, 6) is 1.32. The molecule has 2 aliphatic heterocycles. The van der Waals surface area contributed by atoms with Crippen LogP contribution in [0.2, 0.25) is 0 Å². The van der Waals surface area contributed by atoms with Crippen molar-refractivity contribution in [1.82, 2.24) is 0 Å². The fourth-order valence-electron chi connectivity index (χ4n) is 2.86. The Morgan fingerprint density at radius 2 is 1.86 bits per heavy atom. The van der Waals surface area contributed by atoms with Crippen molar-refractivity contribution < 1.29 is 23.7 Å². The molecular weight excluding hydrogens is 272 g/mol. The van der Waals surface area contributed by atoms with Crippen LogP contribution in [0.15, 0.2) is 18.2 Å². The molecule has 0 aliphatic carbocycles. The lowest BCUT2D eigenvalue weighted by Gasteiger charge is -2.35. The second-order valence-corrected chi connectivity index (χ2v) is 5.23. The molecule has 0 unspecified atom stereocenters. The molecule has 0 spiro atoms. The maximum atomic E-state index is 12.9. The van der Waals surface area contributed by atoms with Crippen molar-refractivity contribution in [3.63, 3.8) is 0 Å². The predicted octanol–water partition coefficient (Wildman–Crippen LogP) is 2.23. The van der Waals surface area contributed by atoms with Crippen LogP contribution in [-0.2, 0) is 9.47 Å². The van der Waals surface area contributed by atoms with Crippen molar-refractivity contribution in [2.75, 3.05) is 33.0 Å². The van der Waals surface area contributed by atoms with Gasteiger partial charge in [0.1, 0.15) is 18.8 Å². The van der Waals surface area contributed by atoms with Gasteiger partial charge in [-0.3, -0.25) is 4.79 Å². The summed E-state index contributed by atoms with van der Waals surface area (Å²) in [4.78, 5) is 12.9. The Balaban J connectivity index is 1.88. The molecule has 0 bridgehead atoms. The molecule has 5 nitrogen and oxygen atoms in total. The number of hydrogen-bond donors (Lipinski definition) is 0. The van der Waals surface area contributed by atoms with Crippen LogP contribution < -0.4 is 9.47 Å². The maximum Gasteiger partial charge on any atom is 0.194 e. The number of fused-ring (bicyclic) bond motifs is 1. The highest BCUT2D eigenvalue weighted by atomic mass is 16.6. The highest BCUT2D eigenvalue weighted by molar-refractivity contribution is 6.03. The molecule has 3 rings (SSSR count). The summed E-state index contributed by atoms with van der Waals surface area (Å²) in [6, 6.07) is 5.33. The van der Waals surface area contributed by atoms with Crippen molar-refractivity contribution in [3.8, 4) is 11.5 Å². The van der Waals surface area contributed by atoms with Crippen LogP contribution in [0.4, 0.5) is 0 Å². The average molecular weight is 292 g/mol. The molecule has 0 aromatic heterocycles. The van der Waals surface area contributed by atoms with Gasteiger partial charge in [-0.15, -0.1) is 0 Å². The fraction of sp³-hybridized carbons (Fsp3) is 0.562. The van der Waals surface area contributed by atoms with Crippen LogP contribution in [0.3, 0.4) is 0 Å². The van der Waals surface area contributed by atoms with Gasteiger partial charge in [0.05, 0.1) is 0 Å². The summed E-state index contributed by atoms with van der Waals surface area (Å²) in [5.41, 5.74) is -0.161. The molecule has 2 aliphatic rings. The van der Waals surface area contributed by atoms with Crippen LogP contribution in [0.1, 0.15) is 30.1 Å². The Bertz CT molecular complexity index is 514. The molecule has 0 radical (unpaired) electrons. The van der Waals surface area contributed by atoms with Crippen molar-refractivity contribution in [1.29, 1.82) is 0 Å². The zero-order valence-corrected chi connectivity index (χ0v) is 12.2. The van der Waals surface area contributed by atoms with E-state index in [0.717, 1.165) is 0 Å². The molecule has 114 valence electrons. The zero-order valence-electron chi connectivity index (χ0n) is 12.2. The summed E-state index contributed by atoms with van der Waals surface area (Å²) < 4.78 is 22.2. The Hall–Kier alpha value is -1.59. The first-order chi connectivity index (χ1) is 10.2. The number of Topliss-reactive ketones (excluding diaryl/α,β-unsaturated/α-hetero) is 1. The minimum Gasteiger partial charge on any atom is -0.486 e. The molecule has 5 heteroatoms. The zero-order chi connectivity index (χ0) is 14.7. The van der Waals surface area contributed by atoms with Gasteiger partial charge in [0.2, 0.25) is 0 Å². The molecule has 0 atom stereocenters. The average Bonchev–Trinajstić information content (AvgIpc) is 2.55. The molecule has 1 saturated heterocycles. The number of ether oxygens (including phenoxy) is 4. The molecule has 1 aromatic rings. The first kappa shape index (κ1) is 14.4. The van der Waals surface area contributed by atoms with Gasteiger partial charge in [-0.25, -0.2) is 0 Å². The van der Waals surface area contributed by atoms with Gasteiger partial charge in [-0.1, -0.05) is 0 Å². The lowest BCUT2D eigenvalue weighted by Crippen LogP contribution is -2.46. The van der Waals surface area contributed by atoms with Gasteiger partial charge >= 0.3 is 0 Å². The molecule has 1 fully saturated rings. The first-order valence-electron chi connectivity index (χ1n) is 7.41. The van der Waals surface area contributed by atoms with Crippen molar-refractivity contribution >= 4 is 5.78 Å². The van der Waals surface area contributed by atoms with E-state index in [1.165, 1.54) is 0 Å². The highest BCUT2D eigenvalue weighted by Gasteiger charge is 2.41. The Labute approximate surface area is 124 Å². The quantitative estimate of drug-likeness (QED) is 0.797. The summed E-state index contributed by atoms with van der Waals surface area (Å²) in [5, 5.41) is 0. The van der Waals surface area contributed by atoms with Gasteiger partial charge in [0.15, 0.2) is 17.3 Å². The van der Waals surface area contributed by atoms with Gasteiger partial charge in [-0.05, 0) is 25.1 Å². The van der Waals surface area contributed by atoms with Gasteiger partial charge in [0, 0.05) is 38.2 Å². The minimum absolute atomic E-state index is 0.00428. The third-order valence-corrected chi connectivity index (χ3v) is 3.94. The smallest absolute Gasteiger partial charge is 0.194 e. The summed E-state index contributed by atoms with van der Waals surface area (Å²) in [6.45, 7) is 4.58. The standard InChI is InChI=1S/C16H20O5/c1-2-21-16(5-7-18-8-6-16)15(17)12-3-4-13-14(11-12)20-10-9-19-13/h3-4,11H,2,5-10H2,1H3. The SMILES string of the molecule is CCOC1(C(=O)c2ccc3c(c2)OCCO3)CCOCC1. The molecule has 0 amide bonds. The summed E-state index contributed by atoms with van der Waals surface area (Å²) in [7, 11) is 0. The lowest BCUT2D eigenvalue weighted by molar-refractivity contribution is -0.0822. The third kappa shape index (κ3) is 2.76. The summed E-state index contributed by atoms with van der Waals surface area (Å²) >= 11 is 0. The monoisotopic (exact) mass is 292 g/mol. The van der Waals surface area contributed by atoms with E-state index in [1.54, 1.807) is 18.2 Å². The van der Waals surface area contributed by atoms with Crippen LogP contribution in [0.25, 0.3) is 0 Å². The van der Waals surface area contributed by atoms with E-state index >= 15 is 0 Å². The van der Waals surface area contributed by atoms with E-state index in [1.807, 2.05) is 6.92 Å². The Morgan fingerprint density at radius 1 is 1.14 bits per heavy atom. The van der Waals surface area contributed by atoms with E-state index in [-0.39, 0.29) is 5.78 Å². The van der Waals surface area contributed by atoms with E-state index < -0.39 is 5.60 Å². The fourth-order valence-corrected chi connectivity index (χ4v) is 2.86. The largest absolute Gasteiger partial charge is 0.486 e. The van der Waals surface area contributed by atoms with E-state index in [0.29, 0.717) is 62.9 Å². The second kappa shape index (κ2) is 6.03. The molecule has 2 heterocycles. The minimum atomic E-state index is -0.767. The molecule has 21 heavy (non-hydrogen) atoms. The number of benzene rings is 1. The summed E-state index contributed by atoms with van der Waals surface area (Å²) in [6.07, 6.45) is 1.18. The Kier molecular flexibility index (Phi) is 4.12. The predicted molar refractivity (Wildman–Crippen MR) is 76.2 cm³/mol. The number of carbonyl (C=O) groups excluding carboxylic acids is 1. The number of hydrogen-bond acceptors (Lipinski definition) is 5. The molecule has 0 saturated carbocycles. The van der Waals surface area contributed by atoms with Gasteiger partial charge < -0.3 is 18.9 Å². The second-order valence-electron chi connectivity index (χ2n) is 5.23. The number of ketones is 1. The first-order valence-corrected chi connectivity index (χ1v) is 7.41. The Morgan fingerprint density at radius 3 is 2.57 bits per heavy atom. The lowest BCUT2D eigenvalue weighted by atomic mass is 9.85. The van der Waals surface area contributed by atoms with Crippen LogP contribution >= 0.6 is 0 Å².